The molecule has 12 heteroatoms. The highest BCUT2D eigenvalue weighted by Crippen LogP contribution is 2.34. The van der Waals surface area contributed by atoms with E-state index >= 15 is 0 Å². The number of carbonyl (C=O) groups is 1. The molecular formula is C23H22FN7O3S. The Hall–Kier alpha value is -4.06. The van der Waals surface area contributed by atoms with Crippen LogP contribution in [0.1, 0.15) is 22.5 Å². The SMILES string of the molecule is CN(CCCc1cc(-c2ccc(F)cc2)n[nH]1)C(=O)c1ccc(Sc2nncn2C)c([N+](=O)[O-])c1. The van der Waals surface area contributed by atoms with Gasteiger partial charge in [0.15, 0.2) is 5.16 Å². The minimum Gasteiger partial charge on any atom is -0.342 e. The fourth-order valence-corrected chi connectivity index (χ4v) is 4.28. The predicted octanol–water partition coefficient (Wildman–Crippen LogP) is 4.11. The van der Waals surface area contributed by atoms with Crippen molar-refractivity contribution in [1.82, 2.24) is 29.9 Å². The molecule has 1 amide bonds. The number of hydrogen-bond acceptors (Lipinski definition) is 7. The number of aryl methyl sites for hydroxylation is 2. The van der Waals surface area contributed by atoms with E-state index in [1.165, 1.54) is 29.4 Å². The first kappa shape index (κ1) is 24.1. The van der Waals surface area contributed by atoms with Crippen molar-refractivity contribution in [3.63, 3.8) is 0 Å². The van der Waals surface area contributed by atoms with Crippen LogP contribution in [-0.4, -0.2) is 54.3 Å². The standard InChI is InChI=1S/C23H22FN7O3S/c1-29(11-3-4-18-13-19(27-26-18)15-5-8-17(24)9-6-15)22(32)16-7-10-21(20(12-16)31(33)34)35-23-28-25-14-30(23)2/h5-10,12-14H,3-4,11H2,1-2H3,(H,26,27). The summed E-state index contributed by atoms with van der Waals surface area (Å²) in [7, 11) is 3.40. The molecule has 0 spiro atoms. The number of hydrogen-bond donors (Lipinski definition) is 1. The van der Waals surface area contributed by atoms with Gasteiger partial charge in [0.25, 0.3) is 11.6 Å². The van der Waals surface area contributed by atoms with Gasteiger partial charge in [-0.05, 0) is 67.1 Å². The molecule has 1 N–H and O–H groups in total. The van der Waals surface area contributed by atoms with Crippen molar-refractivity contribution in [3.05, 3.63) is 82.0 Å². The molecule has 0 radical (unpaired) electrons. The molecule has 0 aliphatic rings. The second-order valence-corrected chi connectivity index (χ2v) is 8.89. The molecule has 10 nitrogen and oxygen atoms in total. The number of rotatable bonds is 9. The maximum Gasteiger partial charge on any atom is 0.284 e. The number of aromatic amines is 1. The lowest BCUT2D eigenvalue weighted by atomic mass is 10.1. The van der Waals surface area contributed by atoms with Gasteiger partial charge in [-0.1, -0.05) is 0 Å². The van der Waals surface area contributed by atoms with Crippen LogP contribution < -0.4 is 0 Å². The summed E-state index contributed by atoms with van der Waals surface area (Å²) in [5.74, 6) is -0.610. The summed E-state index contributed by atoms with van der Waals surface area (Å²) in [5, 5.41) is 27.1. The third kappa shape index (κ3) is 5.72. The fourth-order valence-electron chi connectivity index (χ4n) is 3.43. The van der Waals surface area contributed by atoms with E-state index in [0.29, 0.717) is 29.4 Å². The van der Waals surface area contributed by atoms with Crippen LogP contribution >= 0.6 is 11.8 Å². The molecule has 0 aliphatic carbocycles. The summed E-state index contributed by atoms with van der Waals surface area (Å²) < 4.78 is 14.8. The van der Waals surface area contributed by atoms with Crippen LogP contribution in [0.2, 0.25) is 0 Å². The van der Waals surface area contributed by atoms with E-state index in [1.54, 1.807) is 42.9 Å². The van der Waals surface area contributed by atoms with Gasteiger partial charge in [-0.3, -0.25) is 20.0 Å². The molecule has 0 atom stereocenters. The largest absolute Gasteiger partial charge is 0.342 e. The first-order chi connectivity index (χ1) is 16.8. The highest BCUT2D eigenvalue weighted by atomic mass is 32.2. The smallest absolute Gasteiger partial charge is 0.284 e. The number of amides is 1. The van der Waals surface area contributed by atoms with Crippen LogP contribution in [0.4, 0.5) is 10.1 Å². The van der Waals surface area contributed by atoms with Gasteiger partial charge in [0, 0.05) is 43.5 Å². The zero-order chi connectivity index (χ0) is 24.9. The lowest BCUT2D eigenvalue weighted by Gasteiger charge is -2.17. The van der Waals surface area contributed by atoms with Gasteiger partial charge < -0.3 is 9.47 Å². The van der Waals surface area contributed by atoms with Crippen LogP contribution in [0.25, 0.3) is 11.3 Å². The van der Waals surface area contributed by atoms with Crippen LogP contribution in [0.15, 0.2) is 64.9 Å². The first-order valence-corrected chi connectivity index (χ1v) is 11.5. The molecule has 35 heavy (non-hydrogen) atoms. The van der Waals surface area contributed by atoms with Crippen molar-refractivity contribution in [2.75, 3.05) is 13.6 Å². The molecule has 0 bridgehead atoms. The summed E-state index contributed by atoms with van der Waals surface area (Å²) in [6.45, 7) is 0.451. The Morgan fingerprint density at radius 3 is 2.69 bits per heavy atom. The molecule has 2 aromatic heterocycles. The lowest BCUT2D eigenvalue weighted by molar-refractivity contribution is -0.387. The second-order valence-electron chi connectivity index (χ2n) is 7.88. The van der Waals surface area contributed by atoms with E-state index in [2.05, 4.69) is 20.4 Å². The van der Waals surface area contributed by atoms with Gasteiger partial charge in [-0.2, -0.15) is 5.10 Å². The van der Waals surface area contributed by atoms with Crippen molar-refractivity contribution in [3.8, 4) is 11.3 Å². The van der Waals surface area contributed by atoms with E-state index in [0.717, 1.165) is 28.7 Å². The fraction of sp³-hybridized carbons (Fsp3) is 0.217. The van der Waals surface area contributed by atoms with Crippen molar-refractivity contribution >= 4 is 23.4 Å². The highest BCUT2D eigenvalue weighted by molar-refractivity contribution is 7.99. The summed E-state index contributed by atoms with van der Waals surface area (Å²) in [5.41, 5.74) is 2.50. The molecule has 0 fully saturated rings. The number of nitro groups is 1. The number of carbonyl (C=O) groups excluding carboxylic acids is 1. The normalized spacial score (nSPS) is 10.9. The number of halogens is 1. The van der Waals surface area contributed by atoms with Crippen LogP contribution in [0.3, 0.4) is 0 Å². The molecule has 4 rings (SSSR count). The third-order valence-corrected chi connectivity index (χ3v) is 6.45. The van der Waals surface area contributed by atoms with Crippen molar-refractivity contribution in [2.24, 2.45) is 7.05 Å². The molecule has 0 aliphatic heterocycles. The van der Waals surface area contributed by atoms with Crippen LogP contribution in [0.5, 0.6) is 0 Å². The Morgan fingerprint density at radius 1 is 1.23 bits per heavy atom. The van der Waals surface area contributed by atoms with Gasteiger partial charge in [-0.25, -0.2) is 4.39 Å². The first-order valence-electron chi connectivity index (χ1n) is 10.7. The number of nitrogens with zero attached hydrogens (tertiary/aromatic N) is 6. The maximum absolute atomic E-state index is 13.1. The predicted molar refractivity (Wildman–Crippen MR) is 127 cm³/mol. The van der Waals surface area contributed by atoms with E-state index < -0.39 is 4.92 Å². The lowest BCUT2D eigenvalue weighted by Crippen LogP contribution is -2.28. The zero-order valence-electron chi connectivity index (χ0n) is 19.0. The van der Waals surface area contributed by atoms with Gasteiger partial charge in [0.05, 0.1) is 15.5 Å². The van der Waals surface area contributed by atoms with Gasteiger partial charge in [0.2, 0.25) is 0 Å². The van der Waals surface area contributed by atoms with E-state index in [-0.39, 0.29) is 23.0 Å². The van der Waals surface area contributed by atoms with Gasteiger partial charge >= 0.3 is 0 Å². The minimum atomic E-state index is -0.508. The van der Waals surface area contributed by atoms with Crippen molar-refractivity contribution in [2.45, 2.75) is 22.9 Å². The Morgan fingerprint density at radius 2 is 2.00 bits per heavy atom. The van der Waals surface area contributed by atoms with Crippen LogP contribution in [0, 0.1) is 15.9 Å². The molecule has 2 aromatic carbocycles. The summed E-state index contributed by atoms with van der Waals surface area (Å²) in [4.78, 5) is 25.9. The van der Waals surface area contributed by atoms with Crippen molar-refractivity contribution in [1.29, 1.82) is 0 Å². The molecule has 2 heterocycles. The molecule has 0 saturated heterocycles. The summed E-state index contributed by atoms with van der Waals surface area (Å²) >= 11 is 1.11. The topological polar surface area (TPSA) is 123 Å². The number of H-pyrrole nitrogens is 1. The Kier molecular flexibility index (Phi) is 7.20. The van der Waals surface area contributed by atoms with Gasteiger partial charge in [-0.15, -0.1) is 10.2 Å². The van der Waals surface area contributed by atoms with Crippen molar-refractivity contribution < 1.29 is 14.1 Å². The quantitative estimate of drug-likeness (QED) is 0.274. The number of nitrogens with one attached hydrogen (secondary N) is 1. The van der Waals surface area contributed by atoms with Gasteiger partial charge in [0.1, 0.15) is 12.1 Å². The number of aromatic nitrogens is 5. The van der Waals surface area contributed by atoms with E-state index in [9.17, 15) is 19.3 Å². The number of nitro benzene ring substituents is 1. The molecule has 0 unspecified atom stereocenters. The molecule has 0 saturated carbocycles. The maximum atomic E-state index is 13.1. The Labute approximate surface area is 204 Å². The number of benzene rings is 2. The zero-order valence-corrected chi connectivity index (χ0v) is 19.8. The molecular weight excluding hydrogens is 473 g/mol. The summed E-state index contributed by atoms with van der Waals surface area (Å²) in [6, 6.07) is 12.4. The Bertz CT molecular complexity index is 1350. The molecule has 180 valence electrons. The Balaban J connectivity index is 1.37. The average molecular weight is 496 g/mol. The summed E-state index contributed by atoms with van der Waals surface area (Å²) in [6.07, 6.45) is 2.82. The van der Waals surface area contributed by atoms with E-state index in [1.807, 2.05) is 6.07 Å². The van der Waals surface area contributed by atoms with Crippen LogP contribution in [-0.2, 0) is 13.5 Å². The van der Waals surface area contributed by atoms with E-state index in [4.69, 9.17) is 0 Å². The third-order valence-electron chi connectivity index (χ3n) is 5.33. The monoisotopic (exact) mass is 495 g/mol. The second kappa shape index (κ2) is 10.5. The molecule has 4 aromatic rings. The minimum absolute atomic E-state index is 0.164. The average Bonchev–Trinajstić information content (AvgIpc) is 3.48. The highest BCUT2D eigenvalue weighted by Gasteiger charge is 2.21.